The van der Waals surface area contributed by atoms with Gasteiger partial charge in [0.2, 0.25) is 5.95 Å². The maximum absolute atomic E-state index is 12.7. The van der Waals surface area contributed by atoms with E-state index >= 15 is 0 Å². The van der Waals surface area contributed by atoms with Gasteiger partial charge in [-0.2, -0.15) is 9.67 Å². The highest BCUT2D eigenvalue weighted by Crippen LogP contribution is 2.29. The van der Waals surface area contributed by atoms with Gasteiger partial charge < -0.3 is 15.2 Å². The highest BCUT2D eigenvalue weighted by molar-refractivity contribution is 6.33. The Hall–Kier alpha value is -3.06. The summed E-state index contributed by atoms with van der Waals surface area (Å²) in [4.78, 5) is 16.8. The Balaban J connectivity index is 2.00. The number of nitrogen functional groups attached to an aromatic ring is 1. The van der Waals surface area contributed by atoms with Crippen LogP contribution in [0.4, 0.5) is 5.95 Å². The number of carbonyl (C=O) groups excluding carboxylic acids is 1. The maximum Gasteiger partial charge on any atom is 0.281 e. The second-order valence-corrected chi connectivity index (χ2v) is 5.47. The number of halogens is 1. The lowest BCUT2D eigenvalue weighted by molar-refractivity contribution is 0.0947. The predicted molar refractivity (Wildman–Crippen MR) is 94.2 cm³/mol. The molecule has 0 aliphatic carbocycles. The molecule has 0 atom stereocenters. The first-order valence-electron chi connectivity index (χ1n) is 7.29. The summed E-state index contributed by atoms with van der Waals surface area (Å²) in [6.07, 6.45) is 0. The van der Waals surface area contributed by atoms with Gasteiger partial charge in [0, 0.05) is 11.1 Å². The van der Waals surface area contributed by atoms with Crippen molar-refractivity contribution in [3.8, 4) is 22.9 Å². The lowest BCUT2D eigenvalue weighted by atomic mass is 10.2. The number of aromatic nitrogens is 3. The highest BCUT2D eigenvalue weighted by Gasteiger charge is 2.19. The zero-order chi connectivity index (χ0) is 18.0. The summed E-state index contributed by atoms with van der Waals surface area (Å²) in [6.45, 7) is 0. The average molecular weight is 359 g/mol. The molecular weight excluding hydrogens is 344 g/mol. The third-order valence-electron chi connectivity index (χ3n) is 3.57. The van der Waals surface area contributed by atoms with E-state index in [1.54, 1.807) is 42.5 Å². The molecule has 8 heteroatoms. The number of nitrogens with zero attached hydrogens (tertiary/aromatic N) is 3. The Morgan fingerprint density at radius 2 is 1.84 bits per heavy atom. The van der Waals surface area contributed by atoms with E-state index in [2.05, 4.69) is 10.1 Å². The fourth-order valence-corrected chi connectivity index (χ4v) is 2.54. The van der Waals surface area contributed by atoms with Crippen LogP contribution in [0.2, 0.25) is 5.02 Å². The van der Waals surface area contributed by atoms with Crippen LogP contribution in [0, 0.1) is 0 Å². The number of anilines is 1. The molecule has 25 heavy (non-hydrogen) atoms. The molecule has 0 saturated heterocycles. The molecule has 0 unspecified atom stereocenters. The van der Waals surface area contributed by atoms with Gasteiger partial charge in [-0.05, 0) is 30.3 Å². The second-order valence-electron chi connectivity index (χ2n) is 5.06. The molecule has 1 aromatic heterocycles. The first-order valence-corrected chi connectivity index (χ1v) is 7.67. The number of nitrogens with two attached hydrogens (primary N) is 1. The van der Waals surface area contributed by atoms with Crippen LogP contribution >= 0.6 is 11.6 Å². The van der Waals surface area contributed by atoms with Crippen molar-refractivity contribution in [2.24, 2.45) is 0 Å². The molecule has 3 aromatic rings. The Morgan fingerprint density at radius 3 is 2.52 bits per heavy atom. The molecule has 0 aliphatic rings. The highest BCUT2D eigenvalue weighted by atomic mass is 35.5. The van der Waals surface area contributed by atoms with Crippen molar-refractivity contribution >= 4 is 23.5 Å². The summed E-state index contributed by atoms with van der Waals surface area (Å²) in [5.74, 6) is 0.747. The van der Waals surface area contributed by atoms with Gasteiger partial charge in [-0.1, -0.05) is 23.7 Å². The van der Waals surface area contributed by atoms with E-state index in [0.717, 1.165) is 4.68 Å². The van der Waals surface area contributed by atoms with Gasteiger partial charge in [0.25, 0.3) is 5.91 Å². The minimum atomic E-state index is -0.441. The summed E-state index contributed by atoms with van der Waals surface area (Å²) < 4.78 is 11.4. The molecule has 128 valence electrons. The molecule has 2 aromatic carbocycles. The molecule has 0 amide bonds. The predicted octanol–water partition coefficient (Wildman–Crippen LogP) is 2.89. The van der Waals surface area contributed by atoms with Crippen LogP contribution in [0.15, 0.2) is 42.5 Å². The van der Waals surface area contributed by atoms with E-state index in [4.69, 9.17) is 26.8 Å². The van der Waals surface area contributed by atoms with Crippen molar-refractivity contribution in [1.29, 1.82) is 0 Å². The van der Waals surface area contributed by atoms with Gasteiger partial charge in [-0.15, -0.1) is 5.10 Å². The van der Waals surface area contributed by atoms with Gasteiger partial charge in [0.15, 0.2) is 17.3 Å². The van der Waals surface area contributed by atoms with Gasteiger partial charge in [-0.3, -0.25) is 4.79 Å². The van der Waals surface area contributed by atoms with E-state index < -0.39 is 5.91 Å². The zero-order valence-corrected chi connectivity index (χ0v) is 14.3. The quantitative estimate of drug-likeness (QED) is 0.771. The standard InChI is InChI=1S/C17H15ClN4O3/c1-24-13-8-7-10(9-14(13)25-2)16(23)22-17(19)20-15(21-22)11-5-3-4-6-12(11)18/h3-9H,1-2H3,(H2,19,20,21). The topological polar surface area (TPSA) is 92.3 Å². The van der Waals surface area contributed by atoms with Crippen molar-refractivity contribution in [2.45, 2.75) is 0 Å². The SMILES string of the molecule is COc1ccc(C(=O)n2nc(-c3ccccc3Cl)nc2N)cc1OC. The summed E-state index contributed by atoms with van der Waals surface area (Å²) >= 11 is 6.14. The van der Waals surface area contributed by atoms with Crippen LogP contribution in [-0.4, -0.2) is 34.9 Å². The molecule has 0 saturated carbocycles. The molecule has 7 nitrogen and oxygen atoms in total. The fourth-order valence-electron chi connectivity index (χ4n) is 2.32. The summed E-state index contributed by atoms with van der Waals surface area (Å²) in [7, 11) is 3.01. The van der Waals surface area contributed by atoms with Crippen LogP contribution in [0.1, 0.15) is 10.4 Å². The largest absolute Gasteiger partial charge is 0.493 e. The summed E-state index contributed by atoms with van der Waals surface area (Å²) in [5, 5.41) is 4.66. The van der Waals surface area contributed by atoms with Crippen molar-refractivity contribution in [3.63, 3.8) is 0 Å². The zero-order valence-electron chi connectivity index (χ0n) is 13.6. The van der Waals surface area contributed by atoms with Crippen molar-refractivity contribution < 1.29 is 14.3 Å². The van der Waals surface area contributed by atoms with E-state index in [1.807, 2.05) is 0 Å². The van der Waals surface area contributed by atoms with Gasteiger partial charge in [0.05, 0.1) is 19.2 Å². The van der Waals surface area contributed by atoms with E-state index in [9.17, 15) is 4.79 Å². The van der Waals surface area contributed by atoms with Crippen LogP contribution in [0.3, 0.4) is 0 Å². The van der Waals surface area contributed by atoms with E-state index in [1.165, 1.54) is 14.2 Å². The third-order valence-corrected chi connectivity index (χ3v) is 3.90. The lowest BCUT2D eigenvalue weighted by Gasteiger charge is -2.09. The maximum atomic E-state index is 12.7. The van der Waals surface area contributed by atoms with E-state index in [0.29, 0.717) is 27.6 Å². The third kappa shape index (κ3) is 3.14. The molecular formula is C17H15ClN4O3. The fraction of sp³-hybridized carbons (Fsp3) is 0.118. The number of benzene rings is 2. The number of methoxy groups -OCH3 is 2. The molecule has 0 fully saturated rings. The molecule has 0 bridgehead atoms. The Bertz CT molecular complexity index is 939. The normalized spacial score (nSPS) is 10.5. The molecule has 0 radical (unpaired) electrons. The van der Waals surface area contributed by atoms with Crippen LogP contribution in [0.5, 0.6) is 11.5 Å². The van der Waals surface area contributed by atoms with Gasteiger partial charge >= 0.3 is 0 Å². The van der Waals surface area contributed by atoms with Gasteiger partial charge in [-0.25, -0.2) is 0 Å². The molecule has 0 spiro atoms. The summed E-state index contributed by atoms with van der Waals surface area (Å²) in [6, 6.07) is 11.8. The Kier molecular flexibility index (Phi) is 4.58. The first kappa shape index (κ1) is 16.8. The minimum absolute atomic E-state index is 0.0327. The Labute approximate surface area is 148 Å². The monoisotopic (exact) mass is 358 g/mol. The number of rotatable bonds is 4. The summed E-state index contributed by atoms with van der Waals surface area (Å²) in [5.41, 5.74) is 6.79. The number of hydrogen-bond donors (Lipinski definition) is 1. The van der Waals surface area contributed by atoms with Crippen molar-refractivity contribution in [1.82, 2.24) is 14.8 Å². The minimum Gasteiger partial charge on any atom is -0.493 e. The molecule has 0 aliphatic heterocycles. The van der Waals surface area contributed by atoms with Crippen LogP contribution in [0.25, 0.3) is 11.4 Å². The molecule has 3 rings (SSSR count). The van der Waals surface area contributed by atoms with Gasteiger partial charge in [0.1, 0.15) is 0 Å². The van der Waals surface area contributed by atoms with E-state index in [-0.39, 0.29) is 11.8 Å². The molecule has 1 heterocycles. The average Bonchev–Trinajstić information content (AvgIpc) is 3.02. The number of hydrogen-bond acceptors (Lipinski definition) is 6. The smallest absolute Gasteiger partial charge is 0.281 e. The number of carbonyl (C=O) groups is 1. The molecule has 2 N–H and O–H groups in total. The second kappa shape index (κ2) is 6.82. The van der Waals surface area contributed by atoms with Crippen molar-refractivity contribution in [2.75, 3.05) is 20.0 Å². The first-order chi connectivity index (χ1) is 12.0. The number of ether oxygens (including phenoxy) is 2. The van der Waals surface area contributed by atoms with Crippen LogP contribution in [-0.2, 0) is 0 Å². The lowest BCUT2D eigenvalue weighted by Crippen LogP contribution is -2.16. The van der Waals surface area contributed by atoms with Crippen molar-refractivity contribution in [3.05, 3.63) is 53.1 Å². The van der Waals surface area contributed by atoms with Crippen LogP contribution < -0.4 is 15.2 Å². The Morgan fingerprint density at radius 1 is 1.12 bits per heavy atom.